The molecule has 1 atom stereocenters. The maximum Gasteiger partial charge on any atom is 0.227 e. The van der Waals surface area contributed by atoms with Crippen molar-refractivity contribution in [3.8, 4) is 5.75 Å². The Kier molecular flexibility index (Phi) is 5.28. The van der Waals surface area contributed by atoms with Crippen LogP contribution < -0.4 is 0 Å². The number of carbonyl (C=O) groups excluding carboxylic acids is 2. The lowest BCUT2D eigenvalue weighted by molar-refractivity contribution is -0.136. The Labute approximate surface area is 164 Å². The lowest BCUT2D eigenvalue weighted by atomic mass is 9.89. The summed E-state index contributed by atoms with van der Waals surface area (Å²) in [6, 6.07) is 11.2. The molecule has 3 heterocycles. The molecule has 2 amide bonds. The second-order valence-electron chi connectivity index (χ2n) is 7.73. The molecule has 2 aromatic rings. The van der Waals surface area contributed by atoms with Gasteiger partial charge in [0.25, 0.3) is 0 Å². The van der Waals surface area contributed by atoms with E-state index in [2.05, 4.69) is 4.98 Å². The van der Waals surface area contributed by atoms with Crippen LogP contribution in [0, 0.1) is 5.92 Å². The second-order valence-corrected chi connectivity index (χ2v) is 7.73. The van der Waals surface area contributed by atoms with E-state index < -0.39 is 0 Å². The second kappa shape index (κ2) is 8.00. The normalized spacial score (nSPS) is 20.6. The Bertz CT molecular complexity index is 847. The fourth-order valence-corrected chi connectivity index (χ4v) is 4.27. The van der Waals surface area contributed by atoms with Crippen molar-refractivity contribution in [3.63, 3.8) is 0 Å². The number of phenolic OH excluding ortho intramolecular Hbond substituents is 1. The lowest BCUT2D eigenvalue weighted by Crippen LogP contribution is -2.42. The molecule has 2 aliphatic rings. The highest BCUT2D eigenvalue weighted by Crippen LogP contribution is 2.31. The number of aromatic nitrogens is 1. The van der Waals surface area contributed by atoms with Gasteiger partial charge in [-0.1, -0.05) is 12.1 Å². The summed E-state index contributed by atoms with van der Waals surface area (Å²) in [5, 5.41) is 9.68. The Morgan fingerprint density at radius 2 is 1.89 bits per heavy atom. The number of phenols is 1. The number of hydrogen-bond acceptors (Lipinski definition) is 4. The molecule has 6 nitrogen and oxygen atoms in total. The van der Waals surface area contributed by atoms with Crippen molar-refractivity contribution < 1.29 is 14.7 Å². The minimum Gasteiger partial charge on any atom is -0.508 e. The maximum atomic E-state index is 12.9. The molecule has 6 heteroatoms. The zero-order chi connectivity index (χ0) is 19.5. The van der Waals surface area contributed by atoms with Gasteiger partial charge in [-0.3, -0.25) is 14.6 Å². The SMILES string of the molecule is O=C1C[C@@H](C(=O)N2CCC(c3cccc(O)c3)CC2)CN1Cc1ccncc1. The Morgan fingerprint density at radius 1 is 1.14 bits per heavy atom. The van der Waals surface area contributed by atoms with Crippen LogP contribution in [-0.4, -0.2) is 51.3 Å². The van der Waals surface area contributed by atoms with Crippen LogP contribution in [0.4, 0.5) is 0 Å². The summed E-state index contributed by atoms with van der Waals surface area (Å²) >= 11 is 0. The average Bonchev–Trinajstić information content (AvgIpc) is 3.08. The number of piperidine rings is 1. The van der Waals surface area contributed by atoms with Crippen LogP contribution in [0.5, 0.6) is 5.75 Å². The topological polar surface area (TPSA) is 73.7 Å². The molecular weight excluding hydrogens is 354 g/mol. The van der Waals surface area contributed by atoms with E-state index in [0.29, 0.717) is 38.5 Å². The summed E-state index contributed by atoms with van der Waals surface area (Å²) in [7, 11) is 0. The van der Waals surface area contributed by atoms with Gasteiger partial charge in [0.15, 0.2) is 0 Å². The first-order chi connectivity index (χ1) is 13.6. The van der Waals surface area contributed by atoms with Crippen molar-refractivity contribution in [1.29, 1.82) is 0 Å². The molecule has 146 valence electrons. The van der Waals surface area contributed by atoms with Crippen LogP contribution in [0.3, 0.4) is 0 Å². The van der Waals surface area contributed by atoms with Crippen LogP contribution in [-0.2, 0) is 16.1 Å². The number of amides is 2. The zero-order valence-corrected chi connectivity index (χ0v) is 15.8. The number of aromatic hydroxyl groups is 1. The number of hydrogen-bond donors (Lipinski definition) is 1. The number of benzene rings is 1. The minimum atomic E-state index is -0.244. The molecule has 2 saturated heterocycles. The van der Waals surface area contributed by atoms with Crippen LogP contribution in [0.15, 0.2) is 48.8 Å². The first kappa shape index (κ1) is 18.5. The minimum absolute atomic E-state index is 0.0461. The Balaban J connectivity index is 1.32. The third kappa shape index (κ3) is 4.01. The molecule has 28 heavy (non-hydrogen) atoms. The molecule has 1 aromatic carbocycles. The molecule has 1 aromatic heterocycles. The third-order valence-electron chi connectivity index (χ3n) is 5.83. The van der Waals surface area contributed by atoms with E-state index in [1.807, 2.05) is 35.2 Å². The summed E-state index contributed by atoms with van der Waals surface area (Å²) in [6.45, 7) is 2.43. The highest BCUT2D eigenvalue weighted by molar-refractivity contribution is 5.89. The van der Waals surface area contributed by atoms with E-state index >= 15 is 0 Å². The molecule has 0 saturated carbocycles. The summed E-state index contributed by atoms with van der Waals surface area (Å²) < 4.78 is 0. The van der Waals surface area contributed by atoms with E-state index in [-0.39, 0.29) is 23.5 Å². The van der Waals surface area contributed by atoms with Gasteiger partial charge >= 0.3 is 0 Å². The number of carbonyl (C=O) groups is 2. The molecule has 0 aliphatic carbocycles. The van der Waals surface area contributed by atoms with Crippen molar-refractivity contribution in [3.05, 3.63) is 59.9 Å². The standard InChI is InChI=1S/C22H25N3O3/c26-20-3-1-2-18(12-20)17-6-10-24(11-7-17)22(28)19-13-21(27)25(15-19)14-16-4-8-23-9-5-16/h1-5,8-9,12,17,19,26H,6-7,10-11,13-15H2/t19-/m1/s1. The first-order valence-electron chi connectivity index (χ1n) is 9.84. The number of rotatable bonds is 4. The summed E-state index contributed by atoms with van der Waals surface area (Å²) in [6.07, 6.45) is 5.51. The number of pyridine rings is 1. The monoisotopic (exact) mass is 379 g/mol. The summed E-state index contributed by atoms with van der Waals surface area (Å²) in [5.74, 6) is 0.552. The fourth-order valence-electron chi connectivity index (χ4n) is 4.27. The molecule has 0 unspecified atom stereocenters. The quantitative estimate of drug-likeness (QED) is 0.886. The molecule has 2 aliphatic heterocycles. The van der Waals surface area contributed by atoms with Gasteiger partial charge in [0.05, 0.1) is 5.92 Å². The smallest absolute Gasteiger partial charge is 0.227 e. The van der Waals surface area contributed by atoms with Crippen molar-refractivity contribution >= 4 is 11.8 Å². The van der Waals surface area contributed by atoms with Gasteiger partial charge in [-0.05, 0) is 54.2 Å². The molecule has 0 spiro atoms. The van der Waals surface area contributed by atoms with E-state index in [9.17, 15) is 14.7 Å². The van der Waals surface area contributed by atoms with E-state index in [1.54, 1.807) is 23.4 Å². The predicted molar refractivity (Wildman–Crippen MR) is 104 cm³/mol. The number of nitrogens with zero attached hydrogens (tertiary/aromatic N) is 3. The van der Waals surface area contributed by atoms with Crippen LogP contribution in [0.2, 0.25) is 0 Å². The zero-order valence-electron chi connectivity index (χ0n) is 15.8. The molecule has 0 radical (unpaired) electrons. The van der Waals surface area contributed by atoms with Gasteiger partial charge < -0.3 is 14.9 Å². The summed E-state index contributed by atoms with van der Waals surface area (Å²) in [5.41, 5.74) is 2.16. The van der Waals surface area contributed by atoms with Crippen molar-refractivity contribution in [2.24, 2.45) is 5.92 Å². The first-order valence-corrected chi connectivity index (χ1v) is 9.84. The predicted octanol–water partition coefficient (Wildman–Crippen LogP) is 2.54. The van der Waals surface area contributed by atoms with Gasteiger partial charge in [-0.25, -0.2) is 0 Å². The average molecular weight is 379 g/mol. The largest absolute Gasteiger partial charge is 0.508 e. The van der Waals surface area contributed by atoms with Gasteiger partial charge in [0.1, 0.15) is 5.75 Å². The molecule has 2 fully saturated rings. The van der Waals surface area contributed by atoms with Crippen LogP contribution in [0.1, 0.15) is 36.3 Å². The van der Waals surface area contributed by atoms with E-state index in [0.717, 1.165) is 24.0 Å². The Morgan fingerprint density at radius 3 is 2.61 bits per heavy atom. The number of likely N-dealkylation sites (tertiary alicyclic amines) is 2. The summed E-state index contributed by atoms with van der Waals surface area (Å²) in [4.78, 5) is 33.0. The molecule has 0 bridgehead atoms. The van der Waals surface area contributed by atoms with Crippen molar-refractivity contribution in [2.45, 2.75) is 31.7 Å². The van der Waals surface area contributed by atoms with E-state index in [1.165, 1.54) is 0 Å². The fraction of sp³-hybridized carbons (Fsp3) is 0.409. The van der Waals surface area contributed by atoms with Crippen molar-refractivity contribution in [2.75, 3.05) is 19.6 Å². The Hall–Kier alpha value is -2.89. The highest BCUT2D eigenvalue weighted by atomic mass is 16.3. The van der Waals surface area contributed by atoms with Gasteiger partial charge in [0, 0.05) is 45.0 Å². The molecule has 1 N–H and O–H groups in total. The van der Waals surface area contributed by atoms with Gasteiger partial charge in [-0.2, -0.15) is 0 Å². The highest BCUT2D eigenvalue weighted by Gasteiger charge is 2.37. The third-order valence-corrected chi connectivity index (χ3v) is 5.83. The maximum absolute atomic E-state index is 12.9. The van der Waals surface area contributed by atoms with Crippen LogP contribution in [0.25, 0.3) is 0 Å². The van der Waals surface area contributed by atoms with E-state index in [4.69, 9.17) is 0 Å². The molecule has 4 rings (SSSR count). The van der Waals surface area contributed by atoms with Crippen LogP contribution >= 0.6 is 0 Å². The van der Waals surface area contributed by atoms with Gasteiger partial charge in [-0.15, -0.1) is 0 Å². The molecular formula is C22H25N3O3. The van der Waals surface area contributed by atoms with Gasteiger partial charge in [0.2, 0.25) is 11.8 Å². The lowest BCUT2D eigenvalue weighted by Gasteiger charge is -2.33. The van der Waals surface area contributed by atoms with Crippen molar-refractivity contribution in [1.82, 2.24) is 14.8 Å².